The van der Waals surface area contributed by atoms with E-state index in [-0.39, 0.29) is 0 Å². The van der Waals surface area contributed by atoms with E-state index in [1.807, 2.05) is 32.0 Å². The van der Waals surface area contributed by atoms with Crippen molar-refractivity contribution >= 4 is 11.6 Å². The third-order valence-corrected chi connectivity index (χ3v) is 2.44. The fourth-order valence-electron chi connectivity index (χ4n) is 1.26. The first-order valence-electron chi connectivity index (χ1n) is 4.32. The fraction of sp³-hybridized carbons (Fsp3) is 0.200. The number of rotatable bonds is 1. The van der Waals surface area contributed by atoms with Crippen molar-refractivity contribution in [2.45, 2.75) is 13.8 Å². The maximum Gasteiger partial charge on any atom is 0.181 e. The molecule has 14 heavy (non-hydrogen) atoms. The van der Waals surface area contributed by atoms with Crippen molar-refractivity contribution < 1.29 is 0 Å². The van der Waals surface area contributed by atoms with Crippen LogP contribution in [0.4, 0.5) is 0 Å². The number of nitrogens with one attached hydrogen (secondary N) is 1. The molecule has 1 aromatic heterocycles. The van der Waals surface area contributed by atoms with Gasteiger partial charge < -0.3 is 0 Å². The number of H-pyrrole nitrogens is 1. The van der Waals surface area contributed by atoms with Crippen molar-refractivity contribution in [2.75, 3.05) is 0 Å². The van der Waals surface area contributed by atoms with Crippen LogP contribution in [0.25, 0.3) is 11.4 Å². The molecular weight excluding hydrogens is 198 g/mol. The molecule has 4 heteroatoms. The summed E-state index contributed by atoms with van der Waals surface area (Å²) in [7, 11) is 0. The standard InChI is InChI=1S/C10H10ClN3/c1-6-5-8(3-4-9(6)11)10-12-7(2)13-14-10/h3-5H,1-2H3,(H,12,13,14). The lowest BCUT2D eigenvalue weighted by molar-refractivity contribution is 1.04. The predicted molar refractivity (Wildman–Crippen MR) is 56.3 cm³/mol. The molecule has 0 radical (unpaired) electrons. The van der Waals surface area contributed by atoms with E-state index >= 15 is 0 Å². The van der Waals surface area contributed by atoms with Gasteiger partial charge in [0.05, 0.1) is 0 Å². The lowest BCUT2D eigenvalue weighted by Crippen LogP contribution is -1.83. The zero-order valence-corrected chi connectivity index (χ0v) is 8.76. The maximum atomic E-state index is 5.92. The highest BCUT2D eigenvalue weighted by molar-refractivity contribution is 6.31. The van der Waals surface area contributed by atoms with Crippen LogP contribution >= 0.6 is 11.6 Å². The van der Waals surface area contributed by atoms with Crippen LogP contribution in [0.2, 0.25) is 5.02 Å². The number of halogens is 1. The van der Waals surface area contributed by atoms with Crippen LogP contribution in [0.3, 0.4) is 0 Å². The van der Waals surface area contributed by atoms with Gasteiger partial charge in [-0.2, -0.15) is 5.10 Å². The van der Waals surface area contributed by atoms with E-state index in [2.05, 4.69) is 15.2 Å². The Labute approximate surface area is 87.1 Å². The molecule has 72 valence electrons. The summed E-state index contributed by atoms with van der Waals surface area (Å²) >= 11 is 5.92. The highest BCUT2D eigenvalue weighted by Crippen LogP contribution is 2.21. The predicted octanol–water partition coefficient (Wildman–Crippen LogP) is 2.74. The first-order chi connectivity index (χ1) is 6.66. The second-order valence-corrected chi connectivity index (χ2v) is 3.62. The number of hydrogen-bond acceptors (Lipinski definition) is 2. The van der Waals surface area contributed by atoms with E-state index in [9.17, 15) is 0 Å². The van der Waals surface area contributed by atoms with Gasteiger partial charge in [-0.25, -0.2) is 4.98 Å². The molecule has 0 spiro atoms. The summed E-state index contributed by atoms with van der Waals surface area (Å²) in [5.41, 5.74) is 2.02. The van der Waals surface area contributed by atoms with Gasteiger partial charge in [0.2, 0.25) is 0 Å². The van der Waals surface area contributed by atoms with Gasteiger partial charge in [0.15, 0.2) is 5.82 Å². The van der Waals surface area contributed by atoms with Gasteiger partial charge in [-0.05, 0) is 37.6 Å². The molecule has 0 amide bonds. The van der Waals surface area contributed by atoms with Crippen molar-refractivity contribution in [1.29, 1.82) is 0 Å². The minimum atomic E-state index is 0.710. The summed E-state index contributed by atoms with van der Waals surface area (Å²) in [5, 5.41) is 7.65. The highest BCUT2D eigenvalue weighted by Gasteiger charge is 2.04. The Kier molecular flexibility index (Phi) is 2.25. The molecule has 0 aliphatic rings. The maximum absolute atomic E-state index is 5.92. The first-order valence-corrected chi connectivity index (χ1v) is 4.70. The summed E-state index contributed by atoms with van der Waals surface area (Å²) in [6.45, 7) is 3.84. The van der Waals surface area contributed by atoms with Gasteiger partial charge in [0.25, 0.3) is 0 Å². The number of nitrogens with zero attached hydrogens (tertiary/aromatic N) is 2. The van der Waals surface area contributed by atoms with Crippen LogP contribution in [0.5, 0.6) is 0 Å². The summed E-state index contributed by atoms with van der Waals surface area (Å²) in [6, 6.07) is 5.75. The zero-order valence-electron chi connectivity index (χ0n) is 8.00. The third-order valence-electron chi connectivity index (χ3n) is 2.01. The Morgan fingerprint density at radius 1 is 1.29 bits per heavy atom. The summed E-state index contributed by atoms with van der Waals surface area (Å²) in [4.78, 5) is 4.24. The van der Waals surface area contributed by atoms with Gasteiger partial charge in [-0.1, -0.05) is 11.6 Å². The van der Waals surface area contributed by atoms with Gasteiger partial charge in [-0.15, -0.1) is 0 Å². The zero-order chi connectivity index (χ0) is 10.1. The second kappa shape index (κ2) is 3.42. The summed E-state index contributed by atoms with van der Waals surface area (Å²) < 4.78 is 0. The van der Waals surface area contributed by atoms with E-state index in [0.29, 0.717) is 5.82 Å². The summed E-state index contributed by atoms with van der Waals surface area (Å²) in [5.74, 6) is 1.52. The molecular formula is C10H10ClN3. The lowest BCUT2D eigenvalue weighted by Gasteiger charge is -1.99. The Morgan fingerprint density at radius 2 is 2.07 bits per heavy atom. The number of hydrogen-bond donors (Lipinski definition) is 1. The molecule has 2 rings (SSSR count). The normalized spacial score (nSPS) is 10.5. The molecule has 0 unspecified atom stereocenters. The van der Waals surface area contributed by atoms with E-state index in [4.69, 9.17) is 11.6 Å². The van der Waals surface area contributed by atoms with Gasteiger partial charge in [0, 0.05) is 10.6 Å². The molecule has 0 saturated heterocycles. The quantitative estimate of drug-likeness (QED) is 0.781. The molecule has 0 saturated carbocycles. The Morgan fingerprint density at radius 3 is 2.64 bits per heavy atom. The monoisotopic (exact) mass is 207 g/mol. The van der Waals surface area contributed by atoms with Crippen LogP contribution in [0, 0.1) is 13.8 Å². The van der Waals surface area contributed by atoms with Crippen molar-refractivity contribution in [3.63, 3.8) is 0 Å². The van der Waals surface area contributed by atoms with Crippen LogP contribution in [0.15, 0.2) is 18.2 Å². The van der Waals surface area contributed by atoms with Crippen LogP contribution in [-0.2, 0) is 0 Å². The molecule has 2 aromatic rings. The first kappa shape index (κ1) is 9.21. The molecule has 1 aromatic carbocycles. The molecule has 3 nitrogen and oxygen atoms in total. The number of benzene rings is 1. The second-order valence-electron chi connectivity index (χ2n) is 3.21. The SMILES string of the molecule is Cc1nc(-c2ccc(Cl)c(C)c2)n[nH]1. The smallest absolute Gasteiger partial charge is 0.181 e. The van der Waals surface area contributed by atoms with Crippen molar-refractivity contribution in [1.82, 2.24) is 15.2 Å². The molecule has 1 heterocycles. The number of aryl methyl sites for hydroxylation is 2. The molecule has 0 aliphatic heterocycles. The lowest BCUT2D eigenvalue weighted by atomic mass is 10.1. The molecule has 1 N–H and O–H groups in total. The minimum Gasteiger partial charge on any atom is -0.263 e. The van der Waals surface area contributed by atoms with Gasteiger partial charge in [0.1, 0.15) is 5.82 Å². The molecule has 0 fully saturated rings. The van der Waals surface area contributed by atoms with E-state index in [1.54, 1.807) is 0 Å². The van der Waals surface area contributed by atoms with Crippen molar-refractivity contribution in [2.24, 2.45) is 0 Å². The van der Waals surface area contributed by atoms with E-state index in [0.717, 1.165) is 22.0 Å². The average molecular weight is 208 g/mol. The van der Waals surface area contributed by atoms with Crippen LogP contribution in [-0.4, -0.2) is 15.2 Å². The van der Waals surface area contributed by atoms with Gasteiger partial charge >= 0.3 is 0 Å². The van der Waals surface area contributed by atoms with E-state index in [1.165, 1.54) is 0 Å². The van der Waals surface area contributed by atoms with Crippen molar-refractivity contribution in [3.8, 4) is 11.4 Å². The fourth-order valence-corrected chi connectivity index (χ4v) is 1.37. The number of aromatic amines is 1. The number of aromatic nitrogens is 3. The largest absolute Gasteiger partial charge is 0.263 e. The topological polar surface area (TPSA) is 41.6 Å². The van der Waals surface area contributed by atoms with Crippen molar-refractivity contribution in [3.05, 3.63) is 34.6 Å². The third kappa shape index (κ3) is 1.63. The van der Waals surface area contributed by atoms with E-state index < -0.39 is 0 Å². The average Bonchev–Trinajstić information content (AvgIpc) is 2.57. The van der Waals surface area contributed by atoms with Crippen LogP contribution < -0.4 is 0 Å². The Bertz CT molecular complexity index is 462. The Balaban J connectivity index is 2.47. The summed E-state index contributed by atoms with van der Waals surface area (Å²) in [6.07, 6.45) is 0. The van der Waals surface area contributed by atoms with Gasteiger partial charge in [-0.3, -0.25) is 5.10 Å². The molecule has 0 bridgehead atoms. The van der Waals surface area contributed by atoms with Crippen LogP contribution in [0.1, 0.15) is 11.4 Å². The highest BCUT2D eigenvalue weighted by atomic mass is 35.5. The molecule has 0 aliphatic carbocycles. The minimum absolute atomic E-state index is 0.710. The Hall–Kier alpha value is -1.35. The molecule has 0 atom stereocenters.